The standard InChI is InChI=1S/C17H15NO2S2/c19-22(20,15-10-5-2-6-11-15)18-17(16-12-7-13-21-16)14-8-3-1-4-9-14/h1-13,17-18H/t17-/m1/s1. The number of rotatable bonds is 5. The van der Waals surface area contributed by atoms with Gasteiger partial charge in [0.05, 0.1) is 10.9 Å². The second kappa shape index (κ2) is 6.44. The van der Waals surface area contributed by atoms with Crippen molar-refractivity contribution in [2.45, 2.75) is 10.9 Å². The molecular formula is C17H15NO2S2. The normalized spacial score (nSPS) is 12.9. The van der Waals surface area contributed by atoms with E-state index in [1.807, 2.05) is 47.8 Å². The van der Waals surface area contributed by atoms with Crippen LogP contribution in [0, 0.1) is 0 Å². The van der Waals surface area contributed by atoms with Gasteiger partial charge >= 0.3 is 0 Å². The minimum Gasteiger partial charge on any atom is -0.207 e. The maximum Gasteiger partial charge on any atom is 0.241 e. The lowest BCUT2D eigenvalue weighted by Gasteiger charge is -2.18. The Kier molecular flexibility index (Phi) is 4.38. The SMILES string of the molecule is O=S(=O)(N[C@H](c1ccccc1)c1cccs1)c1ccccc1. The van der Waals surface area contributed by atoms with E-state index in [9.17, 15) is 8.42 Å². The molecule has 0 saturated heterocycles. The summed E-state index contributed by atoms with van der Waals surface area (Å²) in [6, 6.07) is 21.5. The number of nitrogens with one attached hydrogen (secondary N) is 1. The van der Waals surface area contributed by atoms with E-state index < -0.39 is 10.0 Å². The first-order valence-corrected chi connectivity index (χ1v) is 9.19. The molecule has 22 heavy (non-hydrogen) atoms. The average Bonchev–Trinajstić information content (AvgIpc) is 3.09. The van der Waals surface area contributed by atoms with Crippen molar-refractivity contribution in [1.82, 2.24) is 4.72 Å². The van der Waals surface area contributed by atoms with Gasteiger partial charge in [-0.1, -0.05) is 54.6 Å². The Morgan fingerprint density at radius 2 is 1.45 bits per heavy atom. The van der Waals surface area contributed by atoms with Gasteiger partial charge in [0, 0.05) is 4.88 Å². The minimum absolute atomic E-state index is 0.271. The molecule has 0 aliphatic rings. The molecule has 5 heteroatoms. The zero-order valence-electron chi connectivity index (χ0n) is 11.7. The van der Waals surface area contributed by atoms with Crippen molar-refractivity contribution in [3.05, 3.63) is 88.6 Å². The van der Waals surface area contributed by atoms with Crippen LogP contribution in [0.1, 0.15) is 16.5 Å². The van der Waals surface area contributed by atoms with Gasteiger partial charge in [-0.25, -0.2) is 8.42 Å². The summed E-state index contributed by atoms with van der Waals surface area (Å²) >= 11 is 1.53. The van der Waals surface area contributed by atoms with E-state index in [-0.39, 0.29) is 10.9 Å². The minimum atomic E-state index is -3.58. The summed E-state index contributed by atoms with van der Waals surface area (Å²) in [6.07, 6.45) is 0. The van der Waals surface area contributed by atoms with Gasteiger partial charge < -0.3 is 0 Å². The Labute approximate surface area is 134 Å². The summed E-state index contributed by atoms with van der Waals surface area (Å²) in [6.45, 7) is 0. The lowest BCUT2D eigenvalue weighted by Crippen LogP contribution is -2.28. The lowest BCUT2D eigenvalue weighted by atomic mass is 10.1. The summed E-state index contributed by atoms with van der Waals surface area (Å²) < 4.78 is 28.0. The van der Waals surface area contributed by atoms with Crippen molar-refractivity contribution in [2.24, 2.45) is 0 Å². The topological polar surface area (TPSA) is 46.2 Å². The first-order valence-electron chi connectivity index (χ1n) is 6.82. The highest BCUT2D eigenvalue weighted by atomic mass is 32.2. The van der Waals surface area contributed by atoms with E-state index in [2.05, 4.69) is 4.72 Å². The number of hydrogen-bond donors (Lipinski definition) is 1. The van der Waals surface area contributed by atoms with Crippen molar-refractivity contribution in [3.8, 4) is 0 Å². The van der Waals surface area contributed by atoms with Crippen LogP contribution < -0.4 is 4.72 Å². The average molecular weight is 329 g/mol. The van der Waals surface area contributed by atoms with E-state index in [1.165, 1.54) is 11.3 Å². The van der Waals surface area contributed by atoms with Gasteiger partial charge in [0.1, 0.15) is 0 Å². The second-order valence-corrected chi connectivity index (χ2v) is 7.49. The molecule has 112 valence electrons. The predicted molar refractivity (Wildman–Crippen MR) is 89.4 cm³/mol. The summed E-state index contributed by atoms with van der Waals surface area (Å²) in [4.78, 5) is 1.23. The van der Waals surface area contributed by atoms with Gasteiger partial charge in [-0.2, -0.15) is 4.72 Å². The third-order valence-corrected chi connectivity index (χ3v) is 5.66. The molecule has 3 rings (SSSR count). The Morgan fingerprint density at radius 1 is 0.818 bits per heavy atom. The zero-order chi connectivity index (χ0) is 15.4. The maximum atomic E-state index is 12.6. The van der Waals surface area contributed by atoms with Crippen LogP contribution in [0.5, 0.6) is 0 Å². The maximum absolute atomic E-state index is 12.6. The molecular weight excluding hydrogens is 314 g/mol. The first-order chi connectivity index (χ1) is 10.7. The number of hydrogen-bond acceptors (Lipinski definition) is 3. The predicted octanol–water partition coefficient (Wildman–Crippen LogP) is 3.82. The van der Waals surface area contributed by atoms with Gasteiger partial charge in [-0.15, -0.1) is 11.3 Å². The number of benzene rings is 2. The van der Waals surface area contributed by atoms with E-state index in [4.69, 9.17) is 0 Å². The Balaban J connectivity index is 1.98. The molecule has 2 aromatic carbocycles. The molecule has 1 aromatic heterocycles. The van der Waals surface area contributed by atoms with Gasteiger partial charge in [-0.05, 0) is 29.1 Å². The highest BCUT2D eigenvalue weighted by Crippen LogP contribution is 2.27. The summed E-state index contributed by atoms with van der Waals surface area (Å²) in [5.74, 6) is 0. The van der Waals surface area contributed by atoms with E-state index in [1.54, 1.807) is 30.3 Å². The largest absolute Gasteiger partial charge is 0.241 e. The van der Waals surface area contributed by atoms with Crippen molar-refractivity contribution in [2.75, 3.05) is 0 Å². The van der Waals surface area contributed by atoms with Crippen molar-refractivity contribution in [1.29, 1.82) is 0 Å². The second-order valence-electron chi connectivity index (χ2n) is 4.79. The Hall–Kier alpha value is -1.95. The fourth-order valence-electron chi connectivity index (χ4n) is 2.21. The van der Waals surface area contributed by atoms with Gasteiger partial charge in [-0.3, -0.25) is 0 Å². The van der Waals surface area contributed by atoms with Gasteiger partial charge in [0.15, 0.2) is 0 Å². The third-order valence-electron chi connectivity index (χ3n) is 3.29. The molecule has 3 nitrogen and oxygen atoms in total. The van der Waals surface area contributed by atoms with Crippen molar-refractivity contribution < 1.29 is 8.42 Å². The molecule has 1 N–H and O–H groups in total. The Bertz CT molecular complexity index is 814. The van der Waals surface area contributed by atoms with Crippen LogP contribution in [0.4, 0.5) is 0 Å². The molecule has 1 atom stereocenters. The lowest BCUT2D eigenvalue weighted by molar-refractivity contribution is 0.573. The van der Waals surface area contributed by atoms with Crippen LogP contribution in [0.25, 0.3) is 0 Å². The van der Waals surface area contributed by atoms with E-state index in [0.717, 1.165) is 10.4 Å². The monoisotopic (exact) mass is 329 g/mol. The summed E-state index contributed by atoms with van der Waals surface area (Å²) in [7, 11) is -3.58. The molecule has 0 aliphatic heterocycles. The molecule has 0 unspecified atom stereocenters. The van der Waals surface area contributed by atoms with Gasteiger partial charge in [0.2, 0.25) is 10.0 Å². The Morgan fingerprint density at radius 3 is 2.05 bits per heavy atom. The summed E-state index contributed by atoms with van der Waals surface area (Å²) in [5.41, 5.74) is 0.921. The molecule has 0 spiro atoms. The van der Waals surface area contributed by atoms with Crippen LogP contribution >= 0.6 is 11.3 Å². The number of thiophene rings is 1. The molecule has 0 bridgehead atoms. The number of sulfonamides is 1. The molecule has 0 radical (unpaired) electrons. The van der Waals surface area contributed by atoms with E-state index >= 15 is 0 Å². The summed E-state index contributed by atoms with van der Waals surface area (Å²) in [5, 5.41) is 1.95. The fraction of sp³-hybridized carbons (Fsp3) is 0.0588. The molecule has 0 aliphatic carbocycles. The highest BCUT2D eigenvalue weighted by molar-refractivity contribution is 7.89. The van der Waals surface area contributed by atoms with Crippen molar-refractivity contribution >= 4 is 21.4 Å². The van der Waals surface area contributed by atoms with Crippen LogP contribution in [0.15, 0.2) is 83.1 Å². The van der Waals surface area contributed by atoms with E-state index in [0.29, 0.717) is 0 Å². The van der Waals surface area contributed by atoms with Crippen molar-refractivity contribution in [3.63, 3.8) is 0 Å². The molecule has 0 amide bonds. The van der Waals surface area contributed by atoms with Crippen LogP contribution in [0.3, 0.4) is 0 Å². The van der Waals surface area contributed by atoms with Crippen LogP contribution in [0.2, 0.25) is 0 Å². The van der Waals surface area contributed by atoms with Gasteiger partial charge in [0.25, 0.3) is 0 Å². The van der Waals surface area contributed by atoms with Crippen LogP contribution in [-0.2, 0) is 10.0 Å². The fourth-order valence-corrected chi connectivity index (χ4v) is 4.32. The first kappa shape index (κ1) is 15.0. The van der Waals surface area contributed by atoms with Crippen LogP contribution in [-0.4, -0.2) is 8.42 Å². The zero-order valence-corrected chi connectivity index (χ0v) is 13.3. The highest BCUT2D eigenvalue weighted by Gasteiger charge is 2.23. The molecule has 1 heterocycles. The smallest absolute Gasteiger partial charge is 0.207 e. The quantitative estimate of drug-likeness (QED) is 0.773. The molecule has 0 saturated carbocycles. The third kappa shape index (κ3) is 3.27. The molecule has 3 aromatic rings. The molecule has 0 fully saturated rings.